The summed E-state index contributed by atoms with van der Waals surface area (Å²) in [5, 5.41) is 11.5. The van der Waals surface area contributed by atoms with E-state index in [9.17, 15) is 8.42 Å². The number of nitrogens with zero attached hydrogens (tertiary/aromatic N) is 2. The zero-order chi connectivity index (χ0) is 17.6. The van der Waals surface area contributed by atoms with Crippen molar-refractivity contribution in [3.05, 3.63) is 11.8 Å². The molecule has 2 atom stereocenters. The molecule has 0 spiro atoms. The fourth-order valence-corrected chi connectivity index (χ4v) is 3.91. The summed E-state index contributed by atoms with van der Waals surface area (Å²) in [6, 6.07) is 0.0513. The lowest BCUT2D eigenvalue weighted by atomic mass is 10.2. The van der Waals surface area contributed by atoms with Crippen LogP contribution < -0.4 is 5.32 Å². The summed E-state index contributed by atoms with van der Waals surface area (Å²) in [7, 11) is -1.52. The highest BCUT2D eigenvalue weighted by atomic mass is 32.2. The Balaban J connectivity index is 2.65. The maximum absolute atomic E-state index is 12.0. The number of hydrogen-bond donors (Lipinski definition) is 2. The Hall–Kier alpha value is -1.12. The topological polar surface area (TPSA) is 85.7 Å². The van der Waals surface area contributed by atoms with Gasteiger partial charge in [-0.1, -0.05) is 0 Å². The molecule has 1 aliphatic rings. The molecule has 1 saturated heterocycles. The number of ether oxygens (including phenoxy) is 1. The molecule has 0 radical (unpaired) electrons. The quantitative estimate of drug-likeness (QED) is 0.527. The van der Waals surface area contributed by atoms with Gasteiger partial charge in [-0.3, -0.25) is 5.41 Å². The van der Waals surface area contributed by atoms with E-state index in [0.29, 0.717) is 32.1 Å². The van der Waals surface area contributed by atoms with E-state index >= 15 is 0 Å². The van der Waals surface area contributed by atoms with Gasteiger partial charge in [-0.25, -0.2) is 8.42 Å². The molecule has 134 valence electrons. The van der Waals surface area contributed by atoms with Gasteiger partial charge in [0.25, 0.3) is 0 Å². The second-order valence-electron chi connectivity index (χ2n) is 6.01. The van der Waals surface area contributed by atoms with Crippen LogP contribution in [0.3, 0.4) is 0 Å². The minimum Gasteiger partial charge on any atom is -0.386 e. The van der Waals surface area contributed by atoms with Crippen LogP contribution in [0, 0.1) is 5.41 Å². The summed E-state index contributed by atoms with van der Waals surface area (Å²) in [5.74, 6) is 0.553. The molecule has 1 aliphatic heterocycles. The average Bonchev–Trinajstić information content (AvgIpc) is 2.51. The van der Waals surface area contributed by atoms with Crippen molar-refractivity contribution in [2.24, 2.45) is 0 Å². The van der Waals surface area contributed by atoms with Crippen molar-refractivity contribution in [2.45, 2.75) is 39.8 Å². The Morgan fingerprint density at radius 3 is 2.65 bits per heavy atom. The molecular weight excluding hydrogens is 316 g/mol. The molecule has 0 aromatic carbocycles. The van der Waals surface area contributed by atoms with Crippen LogP contribution in [-0.4, -0.2) is 74.6 Å². The van der Waals surface area contributed by atoms with Crippen molar-refractivity contribution in [3.63, 3.8) is 0 Å². The Labute approximate surface area is 140 Å². The minimum absolute atomic E-state index is 0.120. The zero-order valence-electron chi connectivity index (χ0n) is 14.8. The van der Waals surface area contributed by atoms with E-state index in [2.05, 4.69) is 5.32 Å². The first-order valence-corrected chi connectivity index (χ1v) is 9.59. The third-order valence-corrected chi connectivity index (χ3v) is 5.97. The molecule has 0 saturated carbocycles. The lowest BCUT2D eigenvalue weighted by Crippen LogP contribution is -2.55. The van der Waals surface area contributed by atoms with Gasteiger partial charge in [0.15, 0.2) is 0 Å². The fraction of sp³-hybridized carbons (Fsp3) is 0.800. The standard InChI is InChI=1S/C15H30N4O3S/c1-6-23(20,21)19-8-7-18(10-14(19)4)15(16)12(2)9-17-13(3)11-22-5/h9,13-14,16-17H,6-8,10-11H2,1-5H3/b12-9+,16-15?. The van der Waals surface area contributed by atoms with E-state index in [1.54, 1.807) is 18.3 Å². The first-order valence-electron chi connectivity index (χ1n) is 7.98. The monoisotopic (exact) mass is 346 g/mol. The number of rotatable bonds is 7. The lowest BCUT2D eigenvalue weighted by Gasteiger charge is -2.40. The van der Waals surface area contributed by atoms with E-state index < -0.39 is 10.0 Å². The van der Waals surface area contributed by atoms with Gasteiger partial charge in [0.2, 0.25) is 10.0 Å². The number of sulfonamides is 1. The van der Waals surface area contributed by atoms with Gasteiger partial charge in [-0.2, -0.15) is 4.31 Å². The van der Waals surface area contributed by atoms with Crippen LogP contribution >= 0.6 is 0 Å². The summed E-state index contributed by atoms with van der Waals surface area (Å²) < 4.78 is 30.7. The van der Waals surface area contributed by atoms with Crippen LogP contribution in [0.2, 0.25) is 0 Å². The Bertz CT molecular complexity index is 533. The minimum atomic E-state index is -3.17. The summed E-state index contributed by atoms with van der Waals surface area (Å²) in [6.07, 6.45) is 1.83. The molecule has 1 heterocycles. The highest BCUT2D eigenvalue weighted by Gasteiger charge is 2.32. The van der Waals surface area contributed by atoms with Crippen LogP contribution in [0.15, 0.2) is 11.8 Å². The Kier molecular flexibility index (Phi) is 7.50. The van der Waals surface area contributed by atoms with E-state index in [1.807, 2.05) is 31.9 Å². The third-order valence-electron chi connectivity index (χ3n) is 3.98. The number of methoxy groups -OCH3 is 1. The number of amidine groups is 1. The van der Waals surface area contributed by atoms with Crippen LogP contribution in [-0.2, 0) is 14.8 Å². The number of piperazine rings is 1. The molecule has 0 aromatic heterocycles. The molecule has 0 amide bonds. The first kappa shape index (κ1) is 19.9. The molecule has 0 aliphatic carbocycles. The van der Waals surface area contributed by atoms with E-state index in [1.165, 1.54) is 0 Å². The van der Waals surface area contributed by atoms with Crippen molar-refractivity contribution < 1.29 is 13.2 Å². The van der Waals surface area contributed by atoms with E-state index in [4.69, 9.17) is 10.1 Å². The smallest absolute Gasteiger partial charge is 0.214 e. The molecule has 0 bridgehead atoms. The normalized spacial score (nSPS) is 22.0. The average molecular weight is 346 g/mol. The summed E-state index contributed by atoms with van der Waals surface area (Å²) in [6.45, 7) is 9.56. The molecule has 1 rings (SSSR count). The zero-order valence-corrected chi connectivity index (χ0v) is 15.6. The van der Waals surface area contributed by atoms with Gasteiger partial charge in [-0.15, -0.1) is 0 Å². The van der Waals surface area contributed by atoms with Crippen molar-refractivity contribution >= 4 is 15.9 Å². The number of nitrogens with one attached hydrogen (secondary N) is 2. The van der Waals surface area contributed by atoms with E-state index in [-0.39, 0.29) is 17.8 Å². The molecule has 0 aromatic rings. The Morgan fingerprint density at radius 2 is 2.13 bits per heavy atom. The Morgan fingerprint density at radius 1 is 1.48 bits per heavy atom. The van der Waals surface area contributed by atoms with Crippen LogP contribution in [0.1, 0.15) is 27.7 Å². The molecule has 1 fully saturated rings. The summed E-state index contributed by atoms with van der Waals surface area (Å²) >= 11 is 0. The van der Waals surface area contributed by atoms with Crippen molar-refractivity contribution in [1.82, 2.24) is 14.5 Å². The van der Waals surface area contributed by atoms with Gasteiger partial charge in [0.05, 0.1) is 12.4 Å². The molecular formula is C15H30N4O3S. The summed E-state index contributed by atoms with van der Waals surface area (Å²) in [4.78, 5) is 1.93. The molecule has 7 nitrogen and oxygen atoms in total. The molecule has 8 heteroatoms. The first-order chi connectivity index (χ1) is 10.7. The molecule has 2 unspecified atom stereocenters. The van der Waals surface area contributed by atoms with Gasteiger partial charge < -0.3 is 15.0 Å². The third kappa shape index (κ3) is 5.47. The van der Waals surface area contributed by atoms with Gasteiger partial charge in [0.1, 0.15) is 5.84 Å². The molecule has 2 N–H and O–H groups in total. The maximum atomic E-state index is 12.0. The predicted octanol–water partition coefficient (Wildman–Crippen LogP) is 0.848. The highest BCUT2D eigenvalue weighted by Crippen LogP contribution is 2.16. The second kappa shape index (κ2) is 8.65. The van der Waals surface area contributed by atoms with Crippen molar-refractivity contribution in [1.29, 1.82) is 5.41 Å². The van der Waals surface area contributed by atoms with Crippen molar-refractivity contribution in [2.75, 3.05) is 39.1 Å². The van der Waals surface area contributed by atoms with Crippen LogP contribution in [0.25, 0.3) is 0 Å². The molecule has 23 heavy (non-hydrogen) atoms. The van der Waals surface area contributed by atoms with Crippen LogP contribution in [0.4, 0.5) is 0 Å². The van der Waals surface area contributed by atoms with E-state index in [0.717, 1.165) is 5.57 Å². The summed E-state index contributed by atoms with van der Waals surface area (Å²) in [5.41, 5.74) is 0.826. The number of hydrogen-bond acceptors (Lipinski definition) is 5. The predicted molar refractivity (Wildman–Crippen MR) is 93.2 cm³/mol. The highest BCUT2D eigenvalue weighted by molar-refractivity contribution is 7.89. The van der Waals surface area contributed by atoms with Gasteiger partial charge in [0, 0.05) is 50.6 Å². The van der Waals surface area contributed by atoms with Crippen molar-refractivity contribution in [3.8, 4) is 0 Å². The lowest BCUT2D eigenvalue weighted by molar-refractivity contribution is 0.177. The second-order valence-corrected chi connectivity index (χ2v) is 8.22. The largest absolute Gasteiger partial charge is 0.386 e. The fourth-order valence-electron chi connectivity index (χ4n) is 2.61. The van der Waals surface area contributed by atoms with Gasteiger partial charge >= 0.3 is 0 Å². The maximum Gasteiger partial charge on any atom is 0.214 e. The van der Waals surface area contributed by atoms with Gasteiger partial charge in [-0.05, 0) is 27.7 Å². The SMILES string of the molecule is CCS(=O)(=O)N1CCN(C(=N)/C(C)=C/NC(C)COC)CC1C. The van der Waals surface area contributed by atoms with Crippen LogP contribution in [0.5, 0.6) is 0 Å².